The van der Waals surface area contributed by atoms with E-state index in [1.165, 1.54) is 43.4 Å². The van der Waals surface area contributed by atoms with Crippen molar-refractivity contribution in [1.82, 2.24) is 0 Å². The minimum atomic E-state index is -0.676. The maximum Gasteiger partial charge on any atom is 0.343 e. The van der Waals surface area contributed by atoms with Gasteiger partial charge in [-0.25, -0.2) is 4.79 Å². The quantitative estimate of drug-likeness (QED) is 0.247. The molecule has 9 nitrogen and oxygen atoms in total. The van der Waals surface area contributed by atoms with Crippen LogP contribution in [-0.2, 0) is 14.3 Å². The van der Waals surface area contributed by atoms with Gasteiger partial charge in [0.1, 0.15) is 17.2 Å². The van der Waals surface area contributed by atoms with E-state index in [1.807, 2.05) is 0 Å². The lowest BCUT2D eigenvalue weighted by Crippen LogP contribution is -2.27. The molecular weight excluding hydrogens is 478 g/mol. The number of anilines is 1. The molecule has 1 fully saturated rings. The van der Waals surface area contributed by atoms with Crippen LogP contribution in [0.2, 0.25) is 0 Å². The van der Waals surface area contributed by atoms with Gasteiger partial charge in [-0.05, 0) is 54.6 Å². The molecule has 4 rings (SSSR count). The molecule has 0 aromatic heterocycles. The zero-order chi connectivity index (χ0) is 26.4. The molecule has 1 aliphatic heterocycles. The summed E-state index contributed by atoms with van der Waals surface area (Å²) in [7, 11) is 3.03. The predicted octanol–water partition coefficient (Wildman–Crippen LogP) is 3.70. The Morgan fingerprint density at radius 2 is 1.51 bits per heavy atom. The number of nitrogens with zero attached hydrogens (tertiary/aromatic N) is 1. The Labute approximate surface area is 213 Å². The molecule has 190 valence electrons. The lowest BCUT2D eigenvalue weighted by atomic mass is 10.1. The molecule has 1 heterocycles. The molecule has 37 heavy (non-hydrogen) atoms. The van der Waals surface area contributed by atoms with E-state index in [0.29, 0.717) is 22.7 Å². The van der Waals surface area contributed by atoms with Crippen LogP contribution in [0.3, 0.4) is 0 Å². The summed E-state index contributed by atoms with van der Waals surface area (Å²) >= 11 is 0. The third kappa shape index (κ3) is 6.13. The van der Waals surface area contributed by atoms with E-state index in [9.17, 15) is 19.2 Å². The Hall–Kier alpha value is -4.66. The minimum Gasteiger partial charge on any atom is -0.497 e. The highest BCUT2D eigenvalue weighted by molar-refractivity contribution is 6.01. The van der Waals surface area contributed by atoms with Crippen LogP contribution < -0.4 is 19.1 Å². The predicted molar refractivity (Wildman–Crippen MR) is 133 cm³/mol. The van der Waals surface area contributed by atoms with Gasteiger partial charge in [-0.1, -0.05) is 12.1 Å². The van der Waals surface area contributed by atoms with Crippen molar-refractivity contribution in [3.63, 3.8) is 0 Å². The first-order chi connectivity index (χ1) is 17.9. The van der Waals surface area contributed by atoms with Gasteiger partial charge in [-0.3, -0.25) is 14.4 Å². The van der Waals surface area contributed by atoms with Crippen LogP contribution in [0.4, 0.5) is 5.69 Å². The van der Waals surface area contributed by atoms with Crippen molar-refractivity contribution in [3.05, 3.63) is 83.9 Å². The van der Waals surface area contributed by atoms with Crippen LogP contribution in [0.5, 0.6) is 17.2 Å². The summed E-state index contributed by atoms with van der Waals surface area (Å²) in [6, 6.07) is 19.5. The highest BCUT2D eigenvalue weighted by atomic mass is 16.5. The molecule has 0 spiro atoms. The Bertz CT molecular complexity index is 1320. The number of esters is 2. The normalized spacial score (nSPS) is 14.7. The topological polar surface area (TPSA) is 108 Å². The fraction of sp³-hybridized carbons (Fsp3) is 0.214. The Morgan fingerprint density at radius 3 is 2.22 bits per heavy atom. The maximum absolute atomic E-state index is 12.5. The number of hydrogen-bond acceptors (Lipinski definition) is 8. The van der Waals surface area contributed by atoms with Crippen LogP contribution in [0.1, 0.15) is 27.1 Å². The van der Waals surface area contributed by atoms with Crippen LogP contribution in [0, 0.1) is 5.92 Å². The molecular formula is C28H25NO8. The second kappa shape index (κ2) is 11.4. The van der Waals surface area contributed by atoms with Crippen LogP contribution in [-0.4, -0.2) is 51.0 Å². The maximum atomic E-state index is 12.5. The average molecular weight is 504 g/mol. The van der Waals surface area contributed by atoms with Crippen LogP contribution >= 0.6 is 0 Å². The van der Waals surface area contributed by atoms with E-state index in [2.05, 4.69) is 0 Å². The third-order valence-corrected chi connectivity index (χ3v) is 5.86. The van der Waals surface area contributed by atoms with E-state index >= 15 is 0 Å². The van der Waals surface area contributed by atoms with E-state index in [4.69, 9.17) is 18.9 Å². The lowest BCUT2D eigenvalue weighted by Gasteiger charge is -2.17. The summed E-state index contributed by atoms with van der Waals surface area (Å²) in [4.78, 5) is 51.3. The van der Waals surface area contributed by atoms with E-state index < -0.39 is 30.2 Å². The second-order valence-corrected chi connectivity index (χ2v) is 8.28. The number of hydrogen-bond donors (Lipinski definition) is 0. The molecule has 9 heteroatoms. The number of methoxy groups -OCH3 is 2. The highest BCUT2D eigenvalue weighted by Crippen LogP contribution is 2.28. The van der Waals surface area contributed by atoms with E-state index in [0.717, 1.165) is 0 Å². The lowest BCUT2D eigenvalue weighted by molar-refractivity contribution is -0.147. The van der Waals surface area contributed by atoms with Crippen molar-refractivity contribution in [2.24, 2.45) is 5.92 Å². The van der Waals surface area contributed by atoms with E-state index in [-0.39, 0.29) is 30.2 Å². The molecule has 1 aliphatic rings. The molecule has 0 bridgehead atoms. The van der Waals surface area contributed by atoms with Crippen molar-refractivity contribution in [1.29, 1.82) is 0 Å². The van der Waals surface area contributed by atoms with Gasteiger partial charge in [0.15, 0.2) is 12.4 Å². The van der Waals surface area contributed by atoms with Crippen LogP contribution in [0.25, 0.3) is 0 Å². The number of carbonyl (C=O) groups excluding carboxylic acids is 4. The molecule has 1 atom stereocenters. The molecule has 3 aromatic rings. The first-order valence-electron chi connectivity index (χ1n) is 11.5. The van der Waals surface area contributed by atoms with Crippen LogP contribution in [0.15, 0.2) is 72.8 Å². The number of carbonyl (C=O) groups is 4. The summed E-state index contributed by atoms with van der Waals surface area (Å²) in [6.07, 6.45) is -0.00239. The van der Waals surface area contributed by atoms with Gasteiger partial charge in [0, 0.05) is 30.3 Å². The zero-order valence-corrected chi connectivity index (χ0v) is 20.3. The molecule has 0 unspecified atom stereocenters. The summed E-state index contributed by atoms with van der Waals surface area (Å²) in [6.45, 7) is -0.308. The molecule has 0 N–H and O–H groups in total. The summed E-state index contributed by atoms with van der Waals surface area (Å²) in [5.41, 5.74) is 1.24. The SMILES string of the molecule is COc1cccc(C(=O)Oc2ccc(C(=O)COC(=O)[C@@H]3CC(=O)N(c4cccc(OC)c4)C3)cc2)c1. The highest BCUT2D eigenvalue weighted by Gasteiger charge is 2.36. The second-order valence-electron chi connectivity index (χ2n) is 8.28. The van der Waals surface area contributed by atoms with Gasteiger partial charge in [0.25, 0.3) is 0 Å². The molecule has 1 saturated heterocycles. The number of ketones is 1. The van der Waals surface area contributed by atoms with Crippen molar-refractivity contribution in [2.45, 2.75) is 6.42 Å². The molecule has 0 aliphatic carbocycles. The summed E-state index contributed by atoms with van der Waals surface area (Å²) < 4.78 is 20.8. The first kappa shape index (κ1) is 25.4. The van der Waals surface area contributed by atoms with Crippen molar-refractivity contribution in [3.8, 4) is 17.2 Å². The largest absolute Gasteiger partial charge is 0.497 e. The van der Waals surface area contributed by atoms with Gasteiger partial charge < -0.3 is 23.8 Å². The smallest absolute Gasteiger partial charge is 0.343 e. The average Bonchev–Trinajstić information content (AvgIpc) is 3.33. The fourth-order valence-electron chi connectivity index (χ4n) is 3.86. The fourth-order valence-corrected chi connectivity index (χ4v) is 3.86. The Balaban J connectivity index is 1.29. The zero-order valence-electron chi connectivity index (χ0n) is 20.3. The first-order valence-corrected chi connectivity index (χ1v) is 11.5. The summed E-state index contributed by atoms with van der Waals surface area (Å²) in [5.74, 6) is -1.11. The molecule has 0 saturated carbocycles. The molecule has 3 aromatic carbocycles. The van der Waals surface area contributed by atoms with Crippen molar-refractivity contribution >= 4 is 29.3 Å². The Kier molecular flexibility index (Phi) is 7.83. The number of ether oxygens (including phenoxy) is 4. The van der Waals surface area contributed by atoms with Gasteiger partial charge in [0.2, 0.25) is 5.91 Å². The van der Waals surface area contributed by atoms with E-state index in [1.54, 1.807) is 48.5 Å². The third-order valence-electron chi connectivity index (χ3n) is 5.86. The molecule has 0 radical (unpaired) electrons. The standard InChI is InChI=1S/C28H25NO8/c1-34-23-7-3-5-19(13-23)28(33)37-22-11-9-18(10-12-22)25(30)17-36-27(32)20-14-26(31)29(16-20)21-6-4-8-24(15-21)35-2/h3-13,15,20H,14,16-17H2,1-2H3/t20-/m1/s1. The van der Waals surface area contributed by atoms with Crippen molar-refractivity contribution < 1.29 is 38.1 Å². The van der Waals surface area contributed by atoms with Crippen molar-refractivity contribution in [2.75, 3.05) is 32.3 Å². The number of benzene rings is 3. The van der Waals surface area contributed by atoms with Gasteiger partial charge in [0.05, 0.1) is 25.7 Å². The number of Topliss-reactive ketones (excluding diaryl/α,β-unsaturated/α-hetero) is 1. The molecule has 1 amide bonds. The monoisotopic (exact) mass is 503 g/mol. The Morgan fingerprint density at radius 1 is 0.838 bits per heavy atom. The van der Waals surface area contributed by atoms with Gasteiger partial charge in [-0.15, -0.1) is 0 Å². The number of rotatable bonds is 9. The summed E-state index contributed by atoms with van der Waals surface area (Å²) in [5, 5.41) is 0. The van der Waals surface area contributed by atoms with Gasteiger partial charge in [-0.2, -0.15) is 0 Å². The number of amides is 1. The minimum absolute atomic E-state index is 0.00239. The van der Waals surface area contributed by atoms with Gasteiger partial charge >= 0.3 is 11.9 Å².